The molecule has 1 rings (SSSR count). The molecule has 1 amide bonds. The molecule has 1 aliphatic heterocycles. The maximum absolute atomic E-state index is 11.7. The van der Waals surface area contributed by atoms with Crippen LogP contribution in [0.3, 0.4) is 0 Å². The number of hydrogen-bond acceptors (Lipinski definition) is 3. The lowest BCUT2D eigenvalue weighted by Gasteiger charge is -2.23. The van der Waals surface area contributed by atoms with E-state index in [-0.39, 0.29) is 10.7 Å². The highest BCUT2D eigenvalue weighted by Gasteiger charge is 2.19. The normalized spacial score (nSPS) is 17.1. The number of amides is 1. The van der Waals surface area contributed by atoms with E-state index in [0.717, 1.165) is 19.6 Å². The van der Waals surface area contributed by atoms with Crippen LogP contribution in [-0.4, -0.2) is 48.0 Å². The topological polar surface area (TPSA) is 32.3 Å². The fourth-order valence-corrected chi connectivity index (χ4v) is 1.87. The highest BCUT2D eigenvalue weighted by atomic mass is 32.2. The van der Waals surface area contributed by atoms with E-state index < -0.39 is 0 Å². The van der Waals surface area contributed by atoms with Crippen LogP contribution >= 0.6 is 11.8 Å². The molecule has 1 N–H and O–H groups in total. The number of rotatable bonds is 5. The Labute approximate surface area is 97.0 Å². The van der Waals surface area contributed by atoms with Crippen LogP contribution in [0.4, 0.5) is 0 Å². The molecule has 15 heavy (non-hydrogen) atoms. The summed E-state index contributed by atoms with van der Waals surface area (Å²) < 4.78 is 0.214. The van der Waals surface area contributed by atoms with Crippen molar-refractivity contribution in [2.45, 2.75) is 31.4 Å². The summed E-state index contributed by atoms with van der Waals surface area (Å²) in [5.41, 5.74) is 0. The van der Waals surface area contributed by atoms with Gasteiger partial charge in [-0.1, -0.05) is 0 Å². The number of carbonyl (C=O) groups excluding carboxylic acids is 1. The summed E-state index contributed by atoms with van der Waals surface area (Å²) in [5.74, 6) is 0.254. The molecule has 88 valence electrons. The molecule has 0 spiro atoms. The molecule has 1 fully saturated rings. The van der Waals surface area contributed by atoms with Gasteiger partial charge in [-0.3, -0.25) is 4.79 Å². The predicted octanol–water partition coefficient (Wildman–Crippen LogP) is 1.34. The first-order valence-corrected chi connectivity index (χ1v) is 6.81. The Balaban J connectivity index is 2.16. The SMILES string of the molecule is CSC(C)(C)CNCC(=O)N1CCCC1. The van der Waals surface area contributed by atoms with Crippen molar-refractivity contribution in [1.82, 2.24) is 10.2 Å². The number of hydrogen-bond donors (Lipinski definition) is 1. The molecular formula is C11H22N2OS. The average molecular weight is 230 g/mol. The predicted molar refractivity (Wildman–Crippen MR) is 66.3 cm³/mol. The van der Waals surface area contributed by atoms with Gasteiger partial charge >= 0.3 is 0 Å². The van der Waals surface area contributed by atoms with Crippen LogP contribution in [-0.2, 0) is 4.79 Å². The third kappa shape index (κ3) is 4.43. The van der Waals surface area contributed by atoms with Gasteiger partial charge in [0.1, 0.15) is 0 Å². The van der Waals surface area contributed by atoms with Crippen LogP contribution in [0.5, 0.6) is 0 Å². The van der Waals surface area contributed by atoms with Gasteiger partial charge in [-0.15, -0.1) is 0 Å². The van der Waals surface area contributed by atoms with Crippen LogP contribution in [0.25, 0.3) is 0 Å². The van der Waals surface area contributed by atoms with Crippen molar-refractivity contribution in [3.05, 3.63) is 0 Å². The molecule has 0 bridgehead atoms. The maximum Gasteiger partial charge on any atom is 0.236 e. The highest BCUT2D eigenvalue weighted by Crippen LogP contribution is 2.19. The summed E-state index contributed by atoms with van der Waals surface area (Å²) in [6.07, 6.45) is 4.44. The lowest BCUT2D eigenvalue weighted by Crippen LogP contribution is -2.40. The van der Waals surface area contributed by atoms with E-state index in [0.29, 0.717) is 6.54 Å². The molecule has 1 aliphatic rings. The molecule has 3 nitrogen and oxygen atoms in total. The van der Waals surface area contributed by atoms with Crippen LogP contribution in [0, 0.1) is 0 Å². The van der Waals surface area contributed by atoms with Gasteiger partial charge in [-0.2, -0.15) is 11.8 Å². The number of nitrogens with one attached hydrogen (secondary N) is 1. The van der Waals surface area contributed by atoms with Crippen molar-refractivity contribution in [3.8, 4) is 0 Å². The van der Waals surface area contributed by atoms with Gasteiger partial charge in [-0.05, 0) is 32.9 Å². The molecular weight excluding hydrogens is 208 g/mol. The average Bonchev–Trinajstić information content (AvgIpc) is 2.70. The molecule has 0 atom stereocenters. The van der Waals surface area contributed by atoms with E-state index in [2.05, 4.69) is 25.4 Å². The van der Waals surface area contributed by atoms with Crippen LogP contribution in [0.15, 0.2) is 0 Å². The number of likely N-dealkylation sites (tertiary alicyclic amines) is 1. The largest absolute Gasteiger partial charge is 0.342 e. The minimum Gasteiger partial charge on any atom is -0.342 e. The number of carbonyl (C=O) groups is 1. The summed E-state index contributed by atoms with van der Waals surface area (Å²) in [4.78, 5) is 13.6. The molecule has 1 heterocycles. The Morgan fingerprint density at radius 3 is 2.53 bits per heavy atom. The van der Waals surface area contributed by atoms with E-state index >= 15 is 0 Å². The van der Waals surface area contributed by atoms with Crippen LogP contribution in [0.1, 0.15) is 26.7 Å². The molecule has 0 aromatic heterocycles. The maximum atomic E-state index is 11.7. The first-order chi connectivity index (χ1) is 7.05. The van der Waals surface area contributed by atoms with Gasteiger partial charge in [0.2, 0.25) is 5.91 Å². The van der Waals surface area contributed by atoms with E-state index in [9.17, 15) is 4.79 Å². The van der Waals surface area contributed by atoms with Crippen LogP contribution < -0.4 is 5.32 Å². The molecule has 0 radical (unpaired) electrons. The third-order valence-corrected chi connectivity index (χ3v) is 4.09. The second-order valence-electron chi connectivity index (χ2n) is 4.66. The van der Waals surface area contributed by atoms with E-state index in [1.54, 1.807) is 0 Å². The summed E-state index contributed by atoms with van der Waals surface area (Å²) in [7, 11) is 0. The fourth-order valence-electron chi connectivity index (χ4n) is 1.62. The van der Waals surface area contributed by atoms with Crippen LogP contribution in [0.2, 0.25) is 0 Å². The minimum absolute atomic E-state index is 0.214. The van der Waals surface area contributed by atoms with Gasteiger partial charge in [0.05, 0.1) is 6.54 Å². The second-order valence-corrected chi connectivity index (χ2v) is 6.17. The molecule has 0 saturated carbocycles. The van der Waals surface area contributed by atoms with Crippen molar-refractivity contribution in [3.63, 3.8) is 0 Å². The Morgan fingerprint density at radius 1 is 1.40 bits per heavy atom. The van der Waals surface area contributed by atoms with Gasteiger partial charge in [-0.25, -0.2) is 0 Å². The van der Waals surface area contributed by atoms with Gasteiger partial charge in [0.25, 0.3) is 0 Å². The Kier molecular flexibility index (Phi) is 4.93. The Hall–Kier alpha value is -0.220. The minimum atomic E-state index is 0.214. The van der Waals surface area contributed by atoms with Crippen molar-refractivity contribution in [1.29, 1.82) is 0 Å². The number of thioether (sulfide) groups is 1. The summed E-state index contributed by atoms with van der Waals surface area (Å²) in [6.45, 7) is 7.65. The lowest BCUT2D eigenvalue weighted by molar-refractivity contribution is -0.129. The molecule has 0 aromatic carbocycles. The van der Waals surface area contributed by atoms with Crippen molar-refractivity contribution < 1.29 is 4.79 Å². The zero-order chi connectivity index (χ0) is 11.3. The first kappa shape index (κ1) is 12.8. The fraction of sp³-hybridized carbons (Fsp3) is 0.909. The summed E-state index contributed by atoms with van der Waals surface area (Å²) in [6, 6.07) is 0. The van der Waals surface area contributed by atoms with E-state index in [4.69, 9.17) is 0 Å². The van der Waals surface area contributed by atoms with Crippen molar-refractivity contribution in [2.24, 2.45) is 0 Å². The quantitative estimate of drug-likeness (QED) is 0.773. The molecule has 0 aromatic rings. The Bertz CT molecular complexity index is 213. The molecule has 4 heteroatoms. The Morgan fingerprint density at radius 2 is 2.00 bits per heavy atom. The van der Waals surface area contributed by atoms with E-state index in [1.165, 1.54) is 12.8 Å². The molecule has 0 aliphatic carbocycles. The smallest absolute Gasteiger partial charge is 0.236 e. The highest BCUT2D eigenvalue weighted by molar-refractivity contribution is 7.99. The van der Waals surface area contributed by atoms with Gasteiger partial charge in [0.15, 0.2) is 0 Å². The molecule has 1 saturated heterocycles. The molecule has 0 unspecified atom stereocenters. The van der Waals surface area contributed by atoms with Crippen molar-refractivity contribution in [2.75, 3.05) is 32.4 Å². The first-order valence-electron chi connectivity index (χ1n) is 5.59. The van der Waals surface area contributed by atoms with Crippen molar-refractivity contribution >= 4 is 17.7 Å². The zero-order valence-electron chi connectivity index (χ0n) is 10.0. The summed E-state index contributed by atoms with van der Waals surface area (Å²) >= 11 is 1.82. The van der Waals surface area contributed by atoms with E-state index in [1.807, 2.05) is 16.7 Å². The standard InChI is InChI=1S/C11H22N2OS/c1-11(2,15-3)9-12-8-10(14)13-6-4-5-7-13/h12H,4-9H2,1-3H3. The lowest BCUT2D eigenvalue weighted by atomic mass is 10.2. The monoisotopic (exact) mass is 230 g/mol. The van der Waals surface area contributed by atoms with Gasteiger partial charge < -0.3 is 10.2 Å². The summed E-state index contributed by atoms with van der Waals surface area (Å²) in [5, 5.41) is 3.24. The van der Waals surface area contributed by atoms with Gasteiger partial charge in [0, 0.05) is 24.4 Å². The zero-order valence-corrected chi connectivity index (χ0v) is 10.8. The third-order valence-electron chi connectivity index (χ3n) is 2.84. The number of nitrogens with zero attached hydrogens (tertiary/aromatic N) is 1. The second kappa shape index (κ2) is 5.75.